The molecule has 4 bridgehead atoms. The third kappa shape index (κ3) is 12.8. The second kappa shape index (κ2) is 25.6. The lowest BCUT2D eigenvalue weighted by Crippen LogP contribution is -2.74. The first-order valence-corrected chi connectivity index (χ1v) is 29.8. The molecule has 24 nitrogen and oxygen atoms in total. The van der Waals surface area contributed by atoms with E-state index in [1.54, 1.807) is 59.8 Å². The van der Waals surface area contributed by atoms with Crippen molar-refractivity contribution in [2.45, 2.75) is 202 Å². The van der Waals surface area contributed by atoms with Crippen LogP contribution in [-0.2, 0) is 104 Å². The number of halogens is 2. The molecule has 10 rings (SSSR count). The predicted octanol–water partition coefficient (Wildman–Crippen LogP) is 4.44. The molecule has 0 saturated carbocycles. The maximum Gasteiger partial charge on any atom is 0.348 e. The fraction of sp³-hybridized carbons (Fsp3) is 0.607. The van der Waals surface area contributed by atoms with Crippen LogP contribution in [0.25, 0.3) is 0 Å². The number of nitrogens with zero attached hydrogens (tertiary/aromatic N) is 2. The van der Waals surface area contributed by atoms with Gasteiger partial charge in [-0.25, -0.2) is 9.59 Å². The summed E-state index contributed by atoms with van der Waals surface area (Å²) in [6.07, 6.45) is -2.15. The molecule has 10 atom stereocenters. The number of carboxylic acids is 2. The molecule has 2 aromatic carbocycles. The lowest BCUT2D eigenvalue weighted by atomic mass is 9.50. The van der Waals surface area contributed by atoms with Gasteiger partial charge in [-0.15, -0.1) is 23.2 Å². The molecule has 87 heavy (non-hydrogen) atoms. The van der Waals surface area contributed by atoms with Crippen LogP contribution in [0.15, 0.2) is 47.9 Å². The monoisotopic (exact) mass is 1260 g/mol. The third-order valence-corrected chi connectivity index (χ3v) is 17.4. The number of aliphatic hydroxyl groups is 4. The SMILES string of the molecule is CN1CC[C@]23c4c5ccc(CO)c4O[C@H]2C(OC(=O)CCC(=O)O[C@H](CC(=O)O)C(=O)O)=CC[C@@]3(O)[C@H]1C5.CN1CC[C@]23c4c5ccc(CO)c4O[C@H]2C(OC(=O)CCC(=O)O[C@H](CC(=O)OC(C)(C)C)C(=O)OC(C)(C)C)=CC[C@@]3(O)[C@H]1C5.ClCCl. The van der Waals surface area contributed by atoms with E-state index in [0.717, 1.165) is 22.3 Å². The average molecular weight is 1260 g/mol. The standard InChI is InChI=1S/C34H45NO11.C26H29NO11.CH2Cl2/c1-31(2,3)45-26(39)17-22(30(40)46-32(4,5)6)43-25(38)11-10-24(37)42-21-12-13-34(41)23-16-19-8-9-20(18-36)28-27(19)33(34,29(21)44-28)14-15-35(23)7;1-27-9-8-25-21-13-2-3-14(12-28)22(21)38-23(25)15(6-7-26(25,35)17(27)10-13)36-19(31)4-5-20(32)37-16(24(33)34)11-18(29)30;2-1-3/h8-9,12,22-23,29,36,41H,10-11,13-18H2,1-7H3;2-3,6,16-17,23,28,35H,4-5,7-12H2,1H3,(H,29,30)(H,33,34);1H2/t22-,23-,29+,33+,34-;16-,17-,23+,25+,26-;/m11./s1. The van der Waals surface area contributed by atoms with Crippen LogP contribution in [-0.4, -0.2) is 180 Å². The summed E-state index contributed by atoms with van der Waals surface area (Å²) in [5.41, 5.74) is -0.871. The first-order chi connectivity index (χ1) is 40.8. The van der Waals surface area contributed by atoms with E-state index in [2.05, 4.69) is 14.5 Å². The lowest BCUT2D eigenvalue weighted by molar-refractivity contribution is -0.181. The van der Waals surface area contributed by atoms with Gasteiger partial charge in [0.2, 0.25) is 12.2 Å². The van der Waals surface area contributed by atoms with Crippen molar-refractivity contribution in [2.24, 2.45) is 0 Å². The molecule has 0 unspecified atom stereocenters. The number of likely N-dealkylation sites (N-methyl/N-ethyl adjacent to an activating group) is 2. The van der Waals surface area contributed by atoms with E-state index in [1.807, 2.05) is 32.3 Å². The number of ether oxygens (including phenoxy) is 8. The number of esters is 6. The predicted molar refractivity (Wildman–Crippen MR) is 305 cm³/mol. The van der Waals surface area contributed by atoms with Gasteiger partial charge in [0, 0.05) is 47.2 Å². The Kier molecular flexibility index (Phi) is 19.6. The van der Waals surface area contributed by atoms with Gasteiger partial charge >= 0.3 is 47.8 Å². The van der Waals surface area contributed by atoms with E-state index in [4.69, 9.17) is 66.6 Å². The molecule has 476 valence electrons. The molecule has 4 aliphatic carbocycles. The van der Waals surface area contributed by atoms with E-state index in [0.29, 0.717) is 61.4 Å². The summed E-state index contributed by atoms with van der Waals surface area (Å²) in [4.78, 5) is 102. The largest absolute Gasteiger partial charge is 0.481 e. The Hall–Kier alpha value is -6.38. The van der Waals surface area contributed by atoms with Crippen LogP contribution in [0.3, 0.4) is 0 Å². The smallest absolute Gasteiger partial charge is 0.348 e. The summed E-state index contributed by atoms with van der Waals surface area (Å²) in [6.45, 7) is 10.8. The van der Waals surface area contributed by atoms with Crippen molar-refractivity contribution < 1.29 is 107 Å². The number of carbonyl (C=O) groups is 8. The van der Waals surface area contributed by atoms with Crippen LogP contribution >= 0.6 is 23.2 Å². The van der Waals surface area contributed by atoms with Gasteiger partial charge in [-0.05, 0) is 118 Å². The fourth-order valence-corrected chi connectivity index (χ4v) is 13.9. The number of alkyl halides is 2. The number of hydrogen-bond donors (Lipinski definition) is 6. The molecule has 2 saturated heterocycles. The highest BCUT2D eigenvalue weighted by atomic mass is 35.5. The lowest BCUT2D eigenvalue weighted by Gasteiger charge is -2.61. The zero-order valence-corrected chi connectivity index (χ0v) is 51.3. The fourth-order valence-electron chi connectivity index (χ4n) is 13.9. The molecule has 4 heterocycles. The van der Waals surface area contributed by atoms with E-state index in [1.165, 1.54) is 0 Å². The molecule has 6 N–H and O–H groups in total. The van der Waals surface area contributed by atoms with Crippen molar-refractivity contribution in [3.63, 3.8) is 0 Å². The summed E-state index contributed by atoms with van der Waals surface area (Å²) in [5, 5.41) is 62.5. The van der Waals surface area contributed by atoms with Gasteiger partial charge in [0.15, 0.2) is 12.2 Å². The summed E-state index contributed by atoms with van der Waals surface area (Å²) >= 11 is 9.53. The van der Waals surface area contributed by atoms with Crippen molar-refractivity contribution in [3.8, 4) is 11.5 Å². The topological polar surface area (TPSA) is 338 Å². The van der Waals surface area contributed by atoms with E-state index >= 15 is 0 Å². The molecule has 4 aliphatic heterocycles. The van der Waals surface area contributed by atoms with Gasteiger partial charge in [-0.3, -0.25) is 28.8 Å². The molecule has 2 spiro atoms. The number of hydrogen-bond acceptors (Lipinski definition) is 22. The number of carbonyl (C=O) groups excluding carboxylic acids is 6. The zero-order chi connectivity index (χ0) is 63.9. The Bertz CT molecular complexity index is 3130. The van der Waals surface area contributed by atoms with Crippen LogP contribution in [0, 0.1) is 0 Å². The van der Waals surface area contributed by atoms with Crippen LogP contribution in [0.1, 0.15) is 139 Å². The first-order valence-electron chi connectivity index (χ1n) is 28.7. The zero-order valence-electron chi connectivity index (χ0n) is 49.8. The van der Waals surface area contributed by atoms with E-state index < -0.39 is 138 Å². The Labute approximate surface area is 512 Å². The third-order valence-electron chi connectivity index (χ3n) is 17.4. The highest BCUT2D eigenvalue weighted by Crippen LogP contribution is 2.66. The quantitative estimate of drug-likeness (QED) is 0.0682. The molecule has 0 amide bonds. The maximum atomic E-state index is 13.1. The Balaban J connectivity index is 0.000000219. The number of piperidine rings is 2. The van der Waals surface area contributed by atoms with E-state index in [-0.39, 0.29) is 61.4 Å². The van der Waals surface area contributed by atoms with Crippen LogP contribution in [0.4, 0.5) is 0 Å². The molecule has 2 fully saturated rings. The molecule has 2 aromatic rings. The minimum Gasteiger partial charge on any atom is -0.481 e. The van der Waals surface area contributed by atoms with Crippen LogP contribution in [0.2, 0.25) is 0 Å². The number of aliphatic carboxylic acids is 2. The van der Waals surface area contributed by atoms with Crippen LogP contribution in [0.5, 0.6) is 11.5 Å². The van der Waals surface area contributed by atoms with Gasteiger partial charge < -0.3 is 78.3 Å². The van der Waals surface area contributed by atoms with Crippen molar-refractivity contribution >= 4 is 71.0 Å². The molecule has 0 aromatic heterocycles. The second-order valence-corrected chi connectivity index (χ2v) is 25.9. The number of rotatable bonds is 18. The highest BCUT2D eigenvalue weighted by molar-refractivity contribution is 6.40. The van der Waals surface area contributed by atoms with E-state index in [9.17, 15) is 58.8 Å². The van der Waals surface area contributed by atoms with Gasteiger partial charge in [0.1, 0.15) is 34.2 Å². The van der Waals surface area contributed by atoms with Crippen molar-refractivity contribution in [1.82, 2.24) is 9.80 Å². The second-order valence-electron chi connectivity index (χ2n) is 25.1. The van der Waals surface area contributed by atoms with Crippen molar-refractivity contribution in [2.75, 3.05) is 32.5 Å². The van der Waals surface area contributed by atoms with Gasteiger partial charge in [0.05, 0.1) is 79.1 Å². The molecule has 0 radical (unpaired) electrons. The summed E-state index contributed by atoms with van der Waals surface area (Å²) in [6, 6.07) is 7.21. The maximum absolute atomic E-state index is 13.1. The highest BCUT2D eigenvalue weighted by Gasteiger charge is 2.73. The molecular weight excluding hydrogens is 1180 g/mol. The first kappa shape index (κ1) is 66.6. The Morgan fingerprint density at radius 2 is 1.01 bits per heavy atom. The van der Waals surface area contributed by atoms with Gasteiger partial charge in [-0.2, -0.15) is 0 Å². The normalized spacial score (nSPS) is 27.3. The van der Waals surface area contributed by atoms with Gasteiger partial charge in [0.25, 0.3) is 0 Å². The summed E-state index contributed by atoms with van der Waals surface area (Å²) in [5.74, 6) is -6.69. The van der Waals surface area contributed by atoms with Crippen molar-refractivity contribution in [1.29, 1.82) is 0 Å². The number of carboxylic acid groups (broad SMARTS) is 2. The number of aliphatic hydroxyl groups excluding tert-OH is 2. The van der Waals surface area contributed by atoms with Crippen LogP contribution < -0.4 is 9.47 Å². The minimum atomic E-state index is -1.86. The minimum absolute atomic E-state index is 0.173. The average Bonchev–Trinajstić information content (AvgIpc) is 1.62. The number of likely N-dealkylation sites (tertiary alicyclic amines) is 2. The van der Waals surface area contributed by atoms with Crippen molar-refractivity contribution in [3.05, 3.63) is 81.3 Å². The molecule has 8 aliphatic rings. The summed E-state index contributed by atoms with van der Waals surface area (Å²) < 4.78 is 44.9. The summed E-state index contributed by atoms with van der Waals surface area (Å²) in [7, 11) is 3.96. The Morgan fingerprint density at radius 1 is 0.609 bits per heavy atom. The Morgan fingerprint density at radius 3 is 1.39 bits per heavy atom. The number of benzene rings is 2. The van der Waals surface area contributed by atoms with Gasteiger partial charge in [-0.1, -0.05) is 24.3 Å². The molecular formula is C61H76Cl2N2O22. The molecule has 26 heteroatoms.